The Morgan fingerprint density at radius 3 is 1.11 bits per heavy atom. The number of anilines is 9. The summed E-state index contributed by atoms with van der Waals surface area (Å²) in [5.74, 6) is 0. The summed E-state index contributed by atoms with van der Waals surface area (Å²) in [5.41, 5.74) is 57.1. The Balaban J connectivity index is 0.000000103. The van der Waals surface area contributed by atoms with Crippen LogP contribution in [0.4, 0.5) is 51.2 Å². The van der Waals surface area contributed by atoms with Crippen LogP contribution in [0.2, 0.25) is 0 Å². The summed E-state index contributed by atoms with van der Waals surface area (Å²) in [4.78, 5) is 7.72. The van der Waals surface area contributed by atoms with Gasteiger partial charge in [-0.3, -0.25) is 0 Å². The van der Waals surface area contributed by atoms with E-state index >= 15 is 0 Å². The van der Waals surface area contributed by atoms with Gasteiger partial charge in [0, 0.05) is 100 Å². The number of fused-ring (bicyclic) bond motifs is 32. The van der Waals surface area contributed by atoms with Crippen LogP contribution in [-0.4, -0.2) is 33.8 Å². The van der Waals surface area contributed by atoms with E-state index in [1.807, 2.05) is 6.07 Å². The SMILES string of the molecule is Cc1cc2c3c(c1)-n1c4c(cccc4c4oc5ccccc5c41)B3c1cc3c(cc1N2c1ccc2c(c1)C(C)(C)CCC2(C)C)C(C)(C)CCC3(C)C.Cc1cc2c3c(c1)-n1c4c(cccc4c4oc5ccccc5c41)B3c1ccc(C(C)(C)C)cc1N2c1cccc2oc3ccccc3c12.Cc1cc2c3c(c1)-n1c4c(cccc4c4oc5ccccc5c41)B3c1ccccc1N2c1ccc(C(C)(C)C)cc1-c1ccccc1. The molecule has 0 N–H and O–H groups in total. The average Bonchev–Trinajstić information content (AvgIpc) is 1.45. The second-order valence-electron chi connectivity index (χ2n) is 48.4. The molecule has 0 amide bonds. The molecule has 8 aliphatic rings. The largest absolute Gasteiger partial charge is 0.456 e. The van der Waals surface area contributed by atoms with Crippen molar-refractivity contribution >= 4 is 241 Å². The minimum Gasteiger partial charge on any atom is -0.456 e. The van der Waals surface area contributed by atoms with Crippen molar-refractivity contribution in [2.24, 2.45) is 0 Å². The van der Waals surface area contributed by atoms with E-state index in [1.165, 1.54) is 237 Å². The zero-order chi connectivity index (χ0) is 100. The van der Waals surface area contributed by atoms with Gasteiger partial charge in [-0.25, -0.2) is 0 Å². The molecule has 7 aromatic heterocycles. The van der Waals surface area contributed by atoms with Crippen LogP contribution in [0, 0.1) is 20.8 Å². The number of rotatable bonds is 4. The fourth-order valence-electron chi connectivity index (χ4n) is 28.1. The van der Waals surface area contributed by atoms with E-state index < -0.39 is 0 Å². The Morgan fingerprint density at radius 1 is 0.243 bits per heavy atom. The molecule has 148 heavy (non-hydrogen) atoms. The van der Waals surface area contributed by atoms with E-state index in [2.05, 4.69) is 468 Å². The molecule has 10 nitrogen and oxygen atoms in total. The molecule has 0 atom stereocenters. The van der Waals surface area contributed by atoms with Gasteiger partial charge in [0.05, 0.1) is 33.3 Å². The molecule has 2 aliphatic carbocycles. The van der Waals surface area contributed by atoms with E-state index in [1.54, 1.807) is 0 Å². The van der Waals surface area contributed by atoms with Crippen LogP contribution < -0.4 is 63.9 Å². The van der Waals surface area contributed by atoms with E-state index in [0.717, 1.165) is 88.3 Å². The molecule has 0 bridgehead atoms. The van der Waals surface area contributed by atoms with Crippen molar-refractivity contribution in [2.75, 3.05) is 14.7 Å². The first kappa shape index (κ1) is 87.5. The zero-order valence-corrected chi connectivity index (χ0v) is 87.1. The molecule has 0 unspecified atom stereocenters. The summed E-state index contributed by atoms with van der Waals surface area (Å²) in [5, 5.41) is 9.26. The Labute approximate surface area is 863 Å². The topological polar surface area (TPSA) is 77.1 Å². The minimum atomic E-state index is -0.0140. The molecule has 0 saturated carbocycles. The van der Waals surface area contributed by atoms with Gasteiger partial charge in [0.2, 0.25) is 0 Å². The third-order valence-corrected chi connectivity index (χ3v) is 35.5. The van der Waals surface area contributed by atoms with E-state index in [9.17, 15) is 0 Å². The van der Waals surface area contributed by atoms with Crippen molar-refractivity contribution in [3.63, 3.8) is 0 Å². The van der Waals surface area contributed by atoms with Crippen molar-refractivity contribution in [3.8, 4) is 28.2 Å². The number of hydrogen-bond acceptors (Lipinski definition) is 7. The lowest BCUT2D eigenvalue weighted by molar-refractivity contribution is 0.332. The van der Waals surface area contributed by atoms with Crippen LogP contribution in [0.5, 0.6) is 0 Å². The molecule has 716 valence electrons. The summed E-state index contributed by atoms with van der Waals surface area (Å²) in [6, 6.07) is 122. The summed E-state index contributed by atoms with van der Waals surface area (Å²) in [6.45, 7) is 40.5. The quantitative estimate of drug-likeness (QED) is 0.163. The van der Waals surface area contributed by atoms with Crippen LogP contribution in [-0.2, 0) is 32.5 Å². The second kappa shape index (κ2) is 30.2. The van der Waals surface area contributed by atoms with Gasteiger partial charge in [-0.05, 0) is 335 Å². The first-order valence-corrected chi connectivity index (χ1v) is 53.3. The highest BCUT2D eigenvalue weighted by Crippen LogP contribution is 2.57. The number of nitrogens with zero attached hydrogens (tertiary/aromatic N) is 6. The van der Waals surface area contributed by atoms with Crippen LogP contribution in [0.25, 0.3) is 149 Å². The molecule has 0 radical (unpaired) electrons. The highest BCUT2D eigenvalue weighted by atomic mass is 16.3. The van der Waals surface area contributed by atoms with Gasteiger partial charge in [0.15, 0.2) is 16.7 Å². The molecule has 0 fully saturated rings. The Hall–Kier alpha value is -15.8. The van der Waals surface area contributed by atoms with Gasteiger partial charge in [-0.15, -0.1) is 0 Å². The van der Waals surface area contributed by atoms with Crippen molar-refractivity contribution < 1.29 is 17.7 Å². The summed E-state index contributed by atoms with van der Waals surface area (Å²) < 4.78 is 34.0. The maximum Gasteiger partial charge on any atom is 0.252 e. The monoisotopic (exact) mass is 1910 g/mol. The minimum absolute atomic E-state index is 0.0140. The van der Waals surface area contributed by atoms with Crippen molar-refractivity contribution in [3.05, 3.63) is 378 Å². The summed E-state index contributed by atoms with van der Waals surface area (Å²) >= 11 is 0. The zero-order valence-electron chi connectivity index (χ0n) is 87.1. The van der Waals surface area contributed by atoms with Gasteiger partial charge < -0.3 is 46.1 Å². The number of hydrogen-bond donors (Lipinski definition) is 0. The average molecular weight is 1920 g/mol. The van der Waals surface area contributed by atoms with Gasteiger partial charge in [-0.2, -0.15) is 0 Å². The third-order valence-electron chi connectivity index (χ3n) is 35.5. The predicted octanol–water partition coefficient (Wildman–Crippen LogP) is 30.2. The van der Waals surface area contributed by atoms with Crippen LogP contribution in [0.15, 0.2) is 345 Å². The Kier molecular flexibility index (Phi) is 17.9. The normalized spacial score (nSPS) is 15.8. The molecule has 13 heterocycles. The molecule has 17 aromatic carbocycles. The van der Waals surface area contributed by atoms with Crippen molar-refractivity contribution in [1.29, 1.82) is 0 Å². The molecular weight excluding hydrogens is 1800 g/mol. The highest BCUT2D eigenvalue weighted by molar-refractivity contribution is 7.02. The number of aromatic nitrogens is 3. The van der Waals surface area contributed by atoms with Crippen LogP contribution in [0.1, 0.15) is 173 Å². The lowest BCUT2D eigenvalue weighted by Crippen LogP contribution is -2.61. The first-order valence-electron chi connectivity index (χ1n) is 53.3. The van der Waals surface area contributed by atoms with Crippen molar-refractivity contribution in [1.82, 2.24) is 13.7 Å². The summed E-state index contributed by atoms with van der Waals surface area (Å²) in [6.07, 6.45) is 4.79. The Morgan fingerprint density at radius 2 is 0.608 bits per heavy atom. The van der Waals surface area contributed by atoms with Gasteiger partial charge >= 0.3 is 0 Å². The first-order chi connectivity index (χ1) is 71.4. The number of furan rings is 4. The lowest BCUT2D eigenvalue weighted by atomic mass is 9.33. The second-order valence-corrected chi connectivity index (χ2v) is 48.4. The summed E-state index contributed by atoms with van der Waals surface area (Å²) in [7, 11) is 0. The van der Waals surface area contributed by atoms with Gasteiger partial charge in [-0.1, -0.05) is 273 Å². The van der Waals surface area contributed by atoms with E-state index in [4.69, 9.17) is 17.7 Å². The number of benzene rings is 17. The van der Waals surface area contributed by atoms with E-state index in [0.29, 0.717) is 0 Å². The highest BCUT2D eigenvalue weighted by Gasteiger charge is 2.51. The maximum absolute atomic E-state index is 6.73. The van der Waals surface area contributed by atoms with Crippen LogP contribution in [0.3, 0.4) is 0 Å². The van der Waals surface area contributed by atoms with Gasteiger partial charge in [0.1, 0.15) is 44.5 Å². The predicted molar refractivity (Wildman–Crippen MR) is 625 cm³/mol. The molecule has 0 saturated heterocycles. The lowest BCUT2D eigenvalue weighted by Gasteiger charge is -2.46. The fraction of sp³-hybridized carbons (Fsp3) is 0.200. The van der Waals surface area contributed by atoms with Gasteiger partial charge in [0.25, 0.3) is 20.1 Å². The molecular formula is C135H113B3N6O4. The third kappa shape index (κ3) is 12.1. The molecule has 6 aliphatic heterocycles. The molecule has 32 rings (SSSR count). The number of aryl methyl sites for hydroxylation is 3. The Bertz CT molecular complexity index is 10000. The maximum atomic E-state index is 6.73. The standard InChI is InChI=1S/C49H49BN2O.C43H31BN2O2.C43H33BN2O/c1-28-23-39-42-40(24-28)52-43-31(45-44(52)30-13-10-11-16-41(30)53-45)14-12-15-36(43)50(42)37-26-34-35(49(8,9)22-21-48(34,6)7)27-38(37)51(39)29-17-18-32-33(25-29)47(4,5)20-19-46(32,2)3;1-24-21-33-39-34(22-24)46-40-28(42-41(46)27-12-6-8-17-36(27)48-42)13-9-14-30(40)44(39)29-20-19-25(43(2,3)4)23-32(29)45(33)31-15-10-18-37-38(31)26-11-5-7-16-35(26)47-37;1-26-23-36-39-37(24-26)46-40-30(42-41(46)29-15-8-11-20-38(29)47-42)16-12-18-33(40)44(39)32-17-9-10-19-35(32)45(36)34-22-21-28(43(2,3)4)25-31(34)27-13-6-5-7-14-27/h10-18,23-27H,19-22H2,1-9H3;5-23H,1-4H3;5-25H,1-4H3. The van der Waals surface area contributed by atoms with Crippen molar-refractivity contribution in [2.45, 2.75) is 176 Å². The molecule has 24 aromatic rings. The number of para-hydroxylation sites is 8. The molecule has 13 heteroatoms. The fourth-order valence-corrected chi connectivity index (χ4v) is 28.1. The molecule has 0 spiro atoms. The smallest absolute Gasteiger partial charge is 0.252 e. The van der Waals surface area contributed by atoms with Crippen LogP contribution >= 0.6 is 0 Å². The van der Waals surface area contributed by atoms with E-state index in [-0.39, 0.29) is 52.6 Å².